The van der Waals surface area contributed by atoms with E-state index in [2.05, 4.69) is 16.9 Å². The molecule has 0 amide bonds. The van der Waals surface area contributed by atoms with Gasteiger partial charge in [0.1, 0.15) is 0 Å². The van der Waals surface area contributed by atoms with E-state index in [1.807, 2.05) is 13.0 Å². The van der Waals surface area contributed by atoms with Gasteiger partial charge in [0.05, 0.1) is 12.8 Å². The lowest BCUT2D eigenvalue weighted by Gasteiger charge is -2.10. The third-order valence-electron chi connectivity index (χ3n) is 1.80. The Balaban J connectivity index is 2.98. The highest BCUT2D eigenvalue weighted by Crippen LogP contribution is 2.23. The Morgan fingerprint density at radius 2 is 2.43 bits per heavy atom. The van der Waals surface area contributed by atoms with Gasteiger partial charge in [-0.1, -0.05) is 6.08 Å². The summed E-state index contributed by atoms with van der Waals surface area (Å²) >= 11 is 0. The van der Waals surface area contributed by atoms with Crippen LogP contribution in [0.3, 0.4) is 0 Å². The predicted octanol–water partition coefficient (Wildman–Crippen LogP) is 1.58. The van der Waals surface area contributed by atoms with Gasteiger partial charge < -0.3 is 15.8 Å². The van der Waals surface area contributed by atoms with Crippen LogP contribution in [0.1, 0.15) is 5.56 Å². The molecule has 3 N–H and O–H groups in total. The van der Waals surface area contributed by atoms with Gasteiger partial charge >= 0.3 is 0 Å². The fourth-order valence-electron chi connectivity index (χ4n) is 1.13. The quantitative estimate of drug-likeness (QED) is 0.713. The molecule has 4 nitrogen and oxygen atoms in total. The van der Waals surface area contributed by atoms with Crippen molar-refractivity contribution in [3.8, 4) is 5.88 Å². The molecular weight excluding hydrogens is 178 g/mol. The molecular formula is C10H15N3O. The zero-order valence-corrected chi connectivity index (χ0v) is 8.50. The number of nitrogens with zero attached hydrogens (tertiary/aromatic N) is 1. The maximum absolute atomic E-state index is 5.77. The molecule has 1 rings (SSSR count). The Kier molecular flexibility index (Phi) is 3.34. The van der Waals surface area contributed by atoms with E-state index in [-0.39, 0.29) is 0 Å². The summed E-state index contributed by atoms with van der Waals surface area (Å²) in [7, 11) is 1.59. The zero-order valence-electron chi connectivity index (χ0n) is 8.50. The fraction of sp³-hybridized carbons (Fsp3) is 0.300. The Bertz CT molecular complexity index is 336. The van der Waals surface area contributed by atoms with E-state index < -0.39 is 0 Å². The summed E-state index contributed by atoms with van der Waals surface area (Å²) in [6, 6.07) is 1.83. The average molecular weight is 193 g/mol. The van der Waals surface area contributed by atoms with Crippen LogP contribution in [-0.4, -0.2) is 18.6 Å². The lowest BCUT2D eigenvalue weighted by atomic mass is 10.2. The van der Waals surface area contributed by atoms with Crippen molar-refractivity contribution in [1.29, 1.82) is 0 Å². The number of methoxy groups -OCH3 is 1. The number of rotatable bonds is 4. The van der Waals surface area contributed by atoms with Gasteiger partial charge in [0.15, 0.2) is 5.82 Å². The standard InChI is InChI=1S/C10H15N3O/c1-4-5-12-9-8(11)6-7(2)10(13-9)14-3/h4,6H,1,5,11H2,2-3H3,(H,12,13). The second-order valence-electron chi connectivity index (χ2n) is 2.92. The first kappa shape index (κ1) is 10.4. The highest BCUT2D eigenvalue weighted by atomic mass is 16.5. The van der Waals surface area contributed by atoms with Crippen molar-refractivity contribution >= 4 is 11.5 Å². The molecule has 0 radical (unpaired) electrons. The Labute approximate surface area is 83.8 Å². The van der Waals surface area contributed by atoms with Crippen molar-refractivity contribution in [2.24, 2.45) is 0 Å². The van der Waals surface area contributed by atoms with Crippen LogP contribution in [0.25, 0.3) is 0 Å². The summed E-state index contributed by atoms with van der Waals surface area (Å²) in [6.07, 6.45) is 1.74. The minimum absolute atomic E-state index is 0.589. The molecule has 0 bridgehead atoms. The molecule has 1 aromatic heterocycles. The molecule has 0 saturated heterocycles. The minimum Gasteiger partial charge on any atom is -0.481 e. The first-order chi connectivity index (χ1) is 6.69. The van der Waals surface area contributed by atoms with Gasteiger partial charge in [0, 0.05) is 12.1 Å². The zero-order chi connectivity index (χ0) is 10.6. The van der Waals surface area contributed by atoms with Crippen LogP contribution in [0.15, 0.2) is 18.7 Å². The van der Waals surface area contributed by atoms with E-state index in [4.69, 9.17) is 10.5 Å². The van der Waals surface area contributed by atoms with Crippen LogP contribution in [0.2, 0.25) is 0 Å². The number of nitrogens with two attached hydrogens (primary N) is 1. The van der Waals surface area contributed by atoms with Gasteiger partial charge in [0.25, 0.3) is 0 Å². The molecule has 0 aromatic carbocycles. The molecule has 0 aliphatic rings. The van der Waals surface area contributed by atoms with Crippen molar-refractivity contribution in [3.05, 3.63) is 24.3 Å². The first-order valence-electron chi connectivity index (χ1n) is 4.35. The van der Waals surface area contributed by atoms with Gasteiger partial charge in [-0.3, -0.25) is 0 Å². The molecule has 76 valence electrons. The number of nitrogens with one attached hydrogen (secondary N) is 1. The summed E-state index contributed by atoms with van der Waals surface area (Å²) in [5.41, 5.74) is 7.31. The number of hydrogen-bond donors (Lipinski definition) is 2. The maximum atomic E-state index is 5.77. The van der Waals surface area contributed by atoms with Crippen molar-refractivity contribution in [3.63, 3.8) is 0 Å². The monoisotopic (exact) mass is 193 g/mol. The van der Waals surface area contributed by atoms with Crippen LogP contribution in [0.5, 0.6) is 5.88 Å². The van der Waals surface area contributed by atoms with Crippen molar-refractivity contribution in [1.82, 2.24) is 4.98 Å². The SMILES string of the molecule is C=CCNc1nc(OC)c(C)cc1N. The number of pyridine rings is 1. The predicted molar refractivity (Wildman–Crippen MR) is 58.6 cm³/mol. The largest absolute Gasteiger partial charge is 0.481 e. The number of nitrogen functional groups attached to an aromatic ring is 1. The number of aryl methyl sites for hydroxylation is 1. The third-order valence-corrected chi connectivity index (χ3v) is 1.80. The van der Waals surface area contributed by atoms with Crippen LogP contribution in [0, 0.1) is 6.92 Å². The van der Waals surface area contributed by atoms with Gasteiger partial charge in [-0.05, 0) is 13.0 Å². The summed E-state index contributed by atoms with van der Waals surface area (Å²) in [6.45, 7) is 6.13. The van der Waals surface area contributed by atoms with E-state index in [1.165, 1.54) is 0 Å². The van der Waals surface area contributed by atoms with E-state index in [1.54, 1.807) is 13.2 Å². The molecule has 0 unspecified atom stereocenters. The first-order valence-corrected chi connectivity index (χ1v) is 4.35. The molecule has 14 heavy (non-hydrogen) atoms. The average Bonchev–Trinajstić information content (AvgIpc) is 2.17. The summed E-state index contributed by atoms with van der Waals surface area (Å²) in [4.78, 5) is 4.22. The topological polar surface area (TPSA) is 60.2 Å². The fourth-order valence-corrected chi connectivity index (χ4v) is 1.13. The van der Waals surface area contributed by atoms with E-state index in [0.717, 1.165) is 5.56 Å². The Morgan fingerprint density at radius 3 is 3.00 bits per heavy atom. The van der Waals surface area contributed by atoms with E-state index in [0.29, 0.717) is 23.9 Å². The minimum atomic E-state index is 0.589. The van der Waals surface area contributed by atoms with Crippen LogP contribution in [-0.2, 0) is 0 Å². The number of ether oxygens (including phenoxy) is 1. The van der Waals surface area contributed by atoms with Crippen LogP contribution in [0.4, 0.5) is 11.5 Å². The molecule has 0 atom stereocenters. The summed E-state index contributed by atoms with van der Waals surface area (Å²) in [5, 5.41) is 3.03. The van der Waals surface area contributed by atoms with Crippen molar-refractivity contribution < 1.29 is 4.74 Å². The second kappa shape index (κ2) is 4.50. The smallest absolute Gasteiger partial charge is 0.218 e. The Morgan fingerprint density at radius 1 is 1.71 bits per heavy atom. The highest BCUT2D eigenvalue weighted by molar-refractivity contribution is 5.63. The number of aromatic nitrogens is 1. The van der Waals surface area contributed by atoms with Crippen LogP contribution < -0.4 is 15.8 Å². The summed E-state index contributed by atoms with van der Waals surface area (Å²) < 4.78 is 5.09. The molecule has 0 aliphatic carbocycles. The lowest BCUT2D eigenvalue weighted by molar-refractivity contribution is 0.395. The van der Waals surface area contributed by atoms with Gasteiger partial charge in [-0.25, -0.2) is 0 Å². The molecule has 1 aromatic rings. The second-order valence-corrected chi connectivity index (χ2v) is 2.92. The van der Waals surface area contributed by atoms with Crippen molar-refractivity contribution in [2.45, 2.75) is 6.92 Å². The highest BCUT2D eigenvalue weighted by Gasteiger charge is 2.05. The molecule has 4 heteroatoms. The number of hydrogen-bond acceptors (Lipinski definition) is 4. The molecule has 1 heterocycles. The van der Waals surface area contributed by atoms with Gasteiger partial charge in [-0.2, -0.15) is 4.98 Å². The van der Waals surface area contributed by atoms with Gasteiger partial charge in [-0.15, -0.1) is 6.58 Å². The molecule has 0 fully saturated rings. The van der Waals surface area contributed by atoms with E-state index in [9.17, 15) is 0 Å². The van der Waals surface area contributed by atoms with Gasteiger partial charge in [0.2, 0.25) is 5.88 Å². The molecule has 0 aliphatic heterocycles. The number of anilines is 2. The van der Waals surface area contributed by atoms with E-state index >= 15 is 0 Å². The molecule has 0 spiro atoms. The third kappa shape index (κ3) is 2.16. The van der Waals surface area contributed by atoms with Crippen LogP contribution >= 0.6 is 0 Å². The normalized spacial score (nSPS) is 9.57. The Hall–Kier alpha value is -1.71. The van der Waals surface area contributed by atoms with Crippen molar-refractivity contribution in [2.75, 3.05) is 24.7 Å². The molecule has 0 saturated carbocycles. The maximum Gasteiger partial charge on any atom is 0.218 e. The summed E-state index contributed by atoms with van der Waals surface area (Å²) in [5.74, 6) is 1.22. The lowest BCUT2D eigenvalue weighted by Crippen LogP contribution is -2.06.